The van der Waals surface area contributed by atoms with Gasteiger partial charge in [0.05, 0.1) is 13.2 Å². The fourth-order valence-corrected chi connectivity index (χ4v) is 2.66. The van der Waals surface area contributed by atoms with Crippen LogP contribution in [-0.2, 0) is 13.0 Å². The number of rotatable bonds is 4. The predicted molar refractivity (Wildman–Crippen MR) is 77.0 cm³/mol. The molecule has 1 N–H and O–H groups in total. The van der Waals surface area contributed by atoms with Crippen molar-refractivity contribution in [2.24, 2.45) is 0 Å². The van der Waals surface area contributed by atoms with Gasteiger partial charge in [-0.05, 0) is 42.2 Å². The van der Waals surface area contributed by atoms with Gasteiger partial charge in [-0.2, -0.15) is 0 Å². The molecule has 1 aliphatic rings. The molecule has 104 valence electrons. The molecule has 0 saturated carbocycles. The molecular weight excluding hydrogens is 252 g/mol. The molecule has 2 aromatic carbocycles. The van der Waals surface area contributed by atoms with Crippen molar-refractivity contribution in [1.29, 1.82) is 0 Å². The molecule has 0 spiro atoms. The molecule has 1 atom stereocenters. The van der Waals surface area contributed by atoms with Crippen molar-refractivity contribution in [2.45, 2.75) is 25.6 Å². The van der Waals surface area contributed by atoms with Gasteiger partial charge in [0.1, 0.15) is 18.1 Å². The molecule has 0 aromatic heterocycles. The third kappa shape index (κ3) is 2.49. The molecule has 1 aliphatic carbocycles. The van der Waals surface area contributed by atoms with E-state index in [1.165, 1.54) is 0 Å². The summed E-state index contributed by atoms with van der Waals surface area (Å²) in [5.74, 6) is 1.71. The summed E-state index contributed by atoms with van der Waals surface area (Å²) >= 11 is 0. The minimum Gasteiger partial charge on any atom is -0.497 e. The van der Waals surface area contributed by atoms with Gasteiger partial charge >= 0.3 is 0 Å². The highest BCUT2D eigenvalue weighted by Crippen LogP contribution is 2.36. The van der Waals surface area contributed by atoms with Crippen LogP contribution in [0.15, 0.2) is 42.5 Å². The fraction of sp³-hybridized carbons (Fsp3) is 0.294. The smallest absolute Gasteiger partial charge is 0.123 e. The highest BCUT2D eigenvalue weighted by atomic mass is 16.5. The standard InChI is InChI=1S/C17H18O3/c1-19-13-5-2-4-12(10-13)11-20-17-7-3-6-14-15(17)8-9-16(14)18/h2-7,10,16,18H,8-9,11H2,1H3. The summed E-state index contributed by atoms with van der Waals surface area (Å²) in [6.07, 6.45) is 1.32. The Labute approximate surface area is 118 Å². The molecule has 2 aromatic rings. The van der Waals surface area contributed by atoms with Gasteiger partial charge in [0.25, 0.3) is 0 Å². The second-order valence-electron chi connectivity index (χ2n) is 5.02. The minimum atomic E-state index is -0.342. The molecule has 1 unspecified atom stereocenters. The lowest BCUT2D eigenvalue weighted by atomic mass is 10.1. The highest BCUT2D eigenvalue weighted by molar-refractivity contribution is 5.44. The van der Waals surface area contributed by atoms with Crippen molar-refractivity contribution < 1.29 is 14.6 Å². The van der Waals surface area contributed by atoms with E-state index in [1.54, 1.807) is 7.11 Å². The maximum Gasteiger partial charge on any atom is 0.123 e. The quantitative estimate of drug-likeness (QED) is 0.926. The van der Waals surface area contributed by atoms with Crippen LogP contribution in [0.2, 0.25) is 0 Å². The number of hydrogen-bond donors (Lipinski definition) is 1. The Bertz CT molecular complexity index is 607. The number of fused-ring (bicyclic) bond motifs is 1. The van der Waals surface area contributed by atoms with E-state index in [-0.39, 0.29) is 6.10 Å². The summed E-state index contributed by atoms with van der Waals surface area (Å²) in [4.78, 5) is 0. The van der Waals surface area contributed by atoms with Gasteiger partial charge in [0.15, 0.2) is 0 Å². The van der Waals surface area contributed by atoms with E-state index < -0.39 is 0 Å². The van der Waals surface area contributed by atoms with Gasteiger partial charge in [0.2, 0.25) is 0 Å². The molecule has 0 bridgehead atoms. The molecular formula is C17H18O3. The molecule has 0 heterocycles. The lowest BCUT2D eigenvalue weighted by molar-refractivity contribution is 0.180. The zero-order chi connectivity index (χ0) is 13.9. The number of aliphatic hydroxyl groups excluding tert-OH is 1. The van der Waals surface area contributed by atoms with Crippen LogP contribution in [0.5, 0.6) is 11.5 Å². The molecule has 3 nitrogen and oxygen atoms in total. The molecule has 0 aliphatic heterocycles. The first-order valence-corrected chi connectivity index (χ1v) is 6.83. The first kappa shape index (κ1) is 13.0. The number of methoxy groups -OCH3 is 1. The van der Waals surface area contributed by atoms with Gasteiger partial charge in [-0.25, -0.2) is 0 Å². The molecule has 3 heteroatoms. The van der Waals surface area contributed by atoms with Gasteiger partial charge in [-0.1, -0.05) is 24.3 Å². The Morgan fingerprint density at radius 3 is 2.90 bits per heavy atom. The molecule has 0 amide bonds. The number of ether oxygens (including phenoxy) is 2. The van der Waals surface area contributed by atoms with E-state index in [0.29, 0.717) is 6.61 Å². The van der Waals surface area contributed by atoms with E-state index in [1.807, 2.05) is 42.5 Å². The van der Waals surface area contributed by atoms with E-state index in [4.69, 9.17) is 9.47 Å². The SMILES string of the molecule is COc1cccc(COc2cccc3c2CCC3O)c1. The van der Waals surface area contributed by atoms with E-state index >= 15 is 0 Å². The van der Waals surface area contributed by atoms with Crippen LogP contribution in [0.4, 0.5) is 0 Å². The van der Waals surface area contributed by atoms with Crippen LogP contribution in [0.25, 0.3) is 0 Å². The summed E-state index contributed by atoms with van der Waals surface area (Å²) in [7, 11) is 1.66. The molecule has 0 radical (unpaired) electrons. The van der Waals surface area contributed by atoms with Gasteiger partial charge < -0.3 is 14.6 Å². The first-order valence-electron chi connectivity index (χ1n) is 6.83. The molecule has 20 heavy (non-hydrogen) atoms. The van der Waals surface area contributed by atoms with E-state index in [9.17, 15) is 5.11 Å². The molecule has 3 rings (SSSR count). The first-order chi connectivity index (χ1) is 9.78. The molecule has 0 saturated heterocycles. The predicted octanol–water partition coefficient (Wildman–Crippen LogP) is 3.25. The third-order valence-electron chi connectivity index (χ3n) is 3.72. The Kier molecular flexibility index (Phi) is 3.61. The van der Waals surface area contributed by atoms with Crippen molar-refractivity contribution >= 4 is 0 Å². The average molecular weight is 270 g/mol. The number of aliphatic hydroxyl groups is 1. The largest absolute Gasteiger partial charge is 0.497 e. The minimum absolute atomic E-state index is 0.342. The van der Waals surface area contributed by atoms with Crippen LogP contribution in [-0.4, -0.2) is 12.2 Å². The second kappa shape index (κ2) is 5.55. The lowest BCUT2D eigenvalue weighted by Crippen LogP contribution is -1.99. The summed E-state index contributed by atoms with van der Waals surface area (Å²) in [6, 6.07) is 13.7. The van der Waals surface area contributed by atoms with Crippen molar-refractivity contribution in [2.75, 3.05) is 7.11 Å². The monoisotopic (exact) mass is 270 g/mol. The van der Waals surface area contributed by atoms with E-state index in [2.05, 4.69) is 0 Å². The summed E-state index contributed by atoms with van der Waals surface area (Å²) in [5.41, 5.74) is 3.22. The summed E-state index contributed by atoms with van der Waals surface area (Å²) in [6.45, 7) is 0.504. The average Bonchev–Trinajstić information content (AvgIpc) is 2.88. The van der Waals surface area contributed by atoms with Crippen LogP contribution in [0.3, 0.4) is 0 Å². The van der Waals surface area contributed by atoms with Gasteiger partial charge in [-0.15, -0.1) is 0 Å². The van der Waals surface area contributed by atoms with Gasteiger partial charge in [-0.3, -0.25) is 0 Å². The second-order valence-corrected chi connectivity index (χ2v) is 5.02. The van der Waals surface area contributed by atoms with Crippen LogP contribution < -0.4 is 9.47 Å². The Hall–Kier alpha value is -2.00. The maximum absolute atomic E-state index is 9.89. The lowest BCUT2D eigenvalue weighted by Gasteiger charge is -2.12. The normalized spacial score (nSPS) is 16.8. The Balaban J connectivity index is 1.76. The fourth-order valence-electron chi connectivity index (χ4n) is 2.66. The van der Waals surface area contributed by atoms with Crippen molar-refractivity contribution in [1.82, 2.24) is 0 Å². The summed E-state index contributed by atoms with van der Waals surface area (Å²) in [5, 5.41) is 9.89. The van der Waals surface area contributed by atoms with E-state index in [0.717, 1.165) is 41.0 Å². The summed E-state index contributed by atoms with van der Waals surface area (Å²) < 4.78 is 11.1. The van der Waals surface area contributed by atoms with Gasteiger partial charge in [0, 0.05) is 5.56 Å². The zero-order valence-electron chi connectivity index (χ0n) is 11.5. The number of benzene rings is 2. The zero-order valence-corrected chi connectivity index (χ0v) is 11.5. The molecule has 0 fully saturated rings. The van der Waals surface area contributed by atoms with Crippen LogP contribution in [0.1, 0.15) is 29.2 Å². The van der Waals surface area contributed by atoms with Crippen molar-refractivity contribution in [3.63, 3.8) is 0 Å². The topological polar surface area (TPSA) is 38.7 Å². The Morgan fingerprint density at radius 2 is 2.05 bits per heavy atom. The highest BCUT2D eigenvalue weighted by Gasteiger charge is 2.23. The third-order valence-corrected chi connectivity index (χ3v) is 3.72. The Morgan fingerprint density at radius 1 is 1.20 bits per heavy atom. The van der Waals surface area contributed by atoms with Crippen LogP contribution >= 0.6 is 0 Å². The van der Waals surface area contributed by atoms with Crippen LogP contribution in [0, 0.1) is 0 Å². The van der Waals surface area contributed by atoms with Crippen molar-refractivity contribution in [3.8, 4) is 11.5 Å². The maximum atomic E-state index is 9.89. The van der Waals surface area contributed by atoms with Crippen molar-refractivity contribution in [3.05, 3.63) is 59.2 Å². The number of hydrogen-bond acceptors (Lipinski definition) is 3.